The second kappa shape index (κ2) is 11.0. The summed E-state index contributed by atoms with van der Waals surface area (Å²) in [5.41, 5.74) is 6.82. The van der Waals surface area contributed by atoms with Crippen molar-refractivity contribution in [3.63, 3.8) is 0 Å². The van der Waals surface area contributed by atoms with Crippen LogP contribution in [0.4, 0.5) is 34.1 Å². The van der Waals surface area contributed by atoms with Crippen LogP contribution in [0.2, 0.25) is 0 Å². The van der Waals surface area contributed by atoms with Crippen LogP contribution in [0, 0.1) is 0 Å². The van der Waals surface area contributed by atoms with Crippen LogP contribution in [-0.4, -0.2) is 11.3 Å². The molecule has 0 saturated heterocycles. The molecule has 0 spiro atoms. The number of thiophene rings is 1. The second-order valence-corrected chi connectivity index (χ2v) is 14.5. The van der Waals surface area contributed by atoms with Crippen molar-refractivity contribution in [2.45, 2.75) is 0 Å². The maximum Gasteiger partial charge on any atom is 0.252 e. The molecule has 0 bridgehead atoms. The van der Waals surface area contributed by atoms with Gasteiger partial charge < -0.3 is 14.4 Å². The van der Waals surface area contributed by atoms with E-state index in [0.29, 0.717) is 16.8 Å². The summed E-state index contributed by atoms with van der Waals surface area (Å²) < 4.78 is 87.4. The van der Waals surface area contributed by atoms with Crippen LogP contribution in [-0.2, 0) is 0 Å². The second-order valence-electron chi connectivity index (χ2n) is 13.4. The molecule has 0 amide bonds. The molecule has 5 heteroatoms. The molecule has 0 fully saturated rings. The third-order valence-electron chi connectivity index (χ3n) is 10.7. The molecule has 2 aliphatic heterocycles. The lowest BCUT2D eigenvalue weighted by molar-refractivity contribution is 1.17. The SMILES string of the molecule is [2H]c1c([2H])c([2H])c(N2c3c(N(c4ccccc4)c4ccccc4)ccc4c3B(c3c([2H])c([2H])c([2H])c([2H])c32)c2cccc3c5ccc6sc7ccccc7c6c5n-4c23)c([2H])c1[2H]. The molecule has 0 radical (unpaired) electrons. The highest BCUT2D eigenvalue weighted by atomic mass is 32.1. The molecule has 4 heterocycles. The monoisotopic (exact) mass is 700 g/mol. The summed E-state index contributed by atoms with van der Waals surface area (Å²) in [5.74, 6) is 0. The zero-order chi connectivity index (χ0) is 42.5. The summed E-state index contributed by atoms with van der Waals surface area (Å²) in [7, 11) is 0. The van der Waals surface area contributed by atoms with E-state index in [0.717, 1.165) is 64.5 Å². The zero-order valence-corrected chi connectivity index (χ0v) is 28.8. The summed E-state index contributed by atoms with van der Waals surface area (Å²) >= 11 is 1.73. The molecular weight excluding hydrogens is 661 g/mol. The van der Waals surface area contributed by atoms with Crippen molar-refractivity contribution in [3.05, 3.63) is 182 Å². The fourth-order valence-electron chi connectivity index (χ4n) is 8.77. The highest BCUT2D eigenvalue weighted by Crippen LogP contribution is 2.50. The fraction of sp³-hybridized carbons (Fsp3) is 0. The number of para-hydroxylation sites is 5. The van der Waals surface area contributed by atoms with Gasteiger partial charge in [-0.15, -0.1) is 11.3 Å². The molecule has 0 atom stereocenters. The van der Waals surface area contributed by atoms with Crippen molar-refractivity contribution in [2.24, 2.45) is 0 Å². The van der Waals surface area contributed by atoms with Crippen LogP contribution in [0.5, 0.6) is 0 Å². The van der Waals surface area contributed by atoms with Crippen molar-refractivity contribution in [3.8, 4) is 5.69 Å². The van der Waals surface area contributed by atoms with Gasteiger partial charge in [0.2, 0.25) is 0 Å². The van der Waals surface area contributed by atoms with Gasteiger partial charge in [-0.3, -0.25) is 0 Å². The Bertz CT molecular complexity index is 3540. The van der Waals surface area contributed by atoms with Crippen molar-refractivity contribution >= 4 is 111 Å². The smallest absolute Gasteiger partial charge is 0.252 e. The van der Waals surface area contributed by atoms with Gasteiger partial charge in [-0.05, 0) is 83.0 Å². The van der Waals surface area contributed by atoms with E-state index in [2.05, 4.69) is 45.9 Å². The first-order valence-electron chi connectivity index (χ1n) is 22.0. The fourth-order valence-corrected chi connectivity index (χ4v) is 9.88. The summed E-state index contributed by atoms with van der Waals surface area (Å²) in [6, 6.07) is 38.2. The average molecular weight is 701 g/mol. The Hall–Kier alpha value is -6.56. The van der Waals surface area contributed by atoms with Crippen LogP contribution < -0.4 is 26.2 Å². The van der Waals surface area contributed by atoms with Gasteiger partial charge in [-0.2, -0.15) is 0 Å². The Labute approximate surface area is 323 Å². The van der Waals surface area contributed by atoms with E-state index in [4.69, 9.17) is 6.85 Å². The maximum atomic E-state index is 9.70. The minimum Gasteiger partial charge on any atom is -0.310 e. The molecule has 0 N–H and O–H groups in total. The van der Waals surface area contributed by atoms with Gasteiger partial charge in [0.1, 0.15) is 0 Å². The van der Waals surface area contributed by atoms with Crippen molar-refractivity contribution in [1.82, 2.24) is 4.57 Å². The average Bonchev–Trinajstić information content (AvgIpc) is 3.85. The maximum absolute atomic E-state index is 9.70. The first-order chi connectivity index (χ1) is 30.1. The van der Waals surface area contributed by atoms with Gasteiger partial charge in [0, 0.05) is 64.9 Å². The quantitative estimate of drug-likeness (QED) is 0.169. The van der Waals surface area contributed by atoms with Gasteiger partial charge >= 0.3 is 0 Å². The molecule has 10 aromatic rings. The number of hydrogen-bond acceptors (Lipinski definition) is 3. The Kier molecular flexibility index (Phi) is 4.50. The van der Waals surface area contributed by atoms with Gasteiger partial charge in [-0.1, -0.05) is 115 Å². The Morgan fingerprint density at radius 1 is 0.528 bits per heavy atom. The molecule has 0 unspecified atom stereocenters. The van der Waals surface area contributed by atoms with E-state index in [9.17, 15) is 5.48 Å². The molecule has 53 heavy (non-hydrogen) atoms. The van der Waals surface area contributed by atoms with Crippen LogP contribution in [0.1, 0.15) is 12.3 Å². The van der Waals surface area contributed by atoms with E-state index in [1.807, 2.05) is 91.0 Å². The summed E-state index contributed by atoms with van der Waals surface area (Å²) in [4.78, 5) is 3.59. The third kappa shape index (κ3) is 3.95. The molecule has 0 aliphatic carbocycles. The number of nitrogens with zero attached hydrogens (tertiary/aromatic N) is 3. The molecule has 3 nitrogen and oxygen atoms in total. The summed E-state index contributed by atoms with van der Waals surface area (Å²) in [5, 5.41) is 4.24. The van der Waals surface area contributed by atoms with E-state index in [1.165, 1.54) is 4.90 Å². The first-order valence-corrected chi connectivity index (χ1v) is 18.3. The van der Waals surface area contributed by atoms with Crippen LogP contribution in [0.25, 0.3) is 47.7 Å². The largest absolute Gasteiger partial charge is 0.310 e. The lowest BCUT2D eigenvalue weighted by Gasteiger charge is -2.43. The van der Waals surface area contributed by atoms with Gasteiger partial charge in [0.25, 0.3) is 6.71 Å². The number of anilines is 6. The van der Waals surface area contributed by atoms with Crippen molar-refractivity contribution in [2.75, 3.05) is 9.80 Å². The van der Waals surface area contributed by atoms with E-state index in [-0.39, 0.29) is 28.9 Å². The van der Waals surface area contributed by atoms with Crippen molar-refractivity contribution < 1.29 is 12.3 Å². The minimum atomic E-state index is -0.763. The predicted molar refractivity (Wildman–Crippen MR) is 228 cm³/mol. The molecule has 8 aromatic carbocycles. The van der Waals surface area contributed by atoms with E-state index >= 15 is 0 Å². The number of rotatable bonds is 4. The van der Waals surface area contributed by atoms with Gasteiger partial charge in [0.05, 0.1) is 29.2 Å². The first kappa shape index (κ1) is 21.7. The lowest BCUT2D eigenvalue weighted by Crippen LogP contribution is -2.60. The highest BCUT2D eigenvalue weighted by molar-refractivity contribution is 7.26. The molecule has 0 saturated carbocycles. The molecule has 246 valence electrons. The van der Waals surface area contributed by atoms with E-state index in [1.54, 1.807) is 11.3 Å². The number of benzene rings is 8. The topological polar surface area (TPSA) is 11.4 Å². The van der Waals surface area contributed by atoms with E-state index < -0.39 is 49.0 Å². The Morgan fingerprint density at radius 3 is 2.04 bits per heavy atom. The number of fused-ring (bicyclic) bond motifs is 11. The minimum absolute atomic E-state index is 0.0271. The van der Waals surface area contributed by atoms with Crippen LogP contribution >= 0.6 is 11.3 Å². The standard InChI is InChI=1S/C48H30BN3S/c1-4-15-31(16-5-1)50(32-17-6-2-7-18-32)41-29-28-40-45-48(41)51(33-19-8-3-9-20-33)39-25-12-11-23-37(39)49(45)38-24-14-22-34-35-27-30-43-44(47(35)52(40)46(34)38)36-21-10-13-26-42(36)53-43/h1-30H/i3D,8D,9D,11D,12D,19D,20D,23D,25D. The van der Waals surface area contributed by atoms with Crippen molar-refractivity contribution in [1.29, 1.82) is 0 Å². The van der Waals surface area contributed by atoms with Crippen LogP contribution in [0.15, 0.2) is 182 Å². The lowest BCUT2D eigenvalue weighted by atomic mass is 9.33. The molecular formula is C48H30BN3S. The number of hydrogen-bond donors (Lipinski definition) is 0. The van der Waals surface area contributed by atoms with Gasteiger partial charge in [-0.25, -0.2) is 0 Å². The zero-order valence-electron chi connectivity index (χ0n) is 37.0. The molecule has 2 aliphatic rings. The van der Waals surface area contributed by atoms with Crippen LogP contribution in [0.3, 0.4) is 0 Å². The third-order valence-corrected chi connectivity index (χ3v) is 11.9. The Balaban J connectivity index is 1.35. The number of aromatic nitrogens is 1. The highest BCUT2D eigenvalue weighted by Gasteiger charge is 2.44. The molecule has 12 rings (SSSR count). The normalized spacial score (nSPS) is 15.2. The summed E-state index contributed by atoms with van der Waals surface area (Å²) in [6.07, 6.45) is 0. The predicted octanol–water partition coefficient (Wildman–Crippen LogP) is 11.2. The van der Waals surface area contributed by atoms with Gasteiger partial charge in [0.15, 0.2) is 0 Å². The summed E-state index contributed by atoms with van der Waals surface area (Å²) in [6.45, 7) is -0.763. The Morgan fingerprint density at radius 2 is 1.23 bits per heavy atom. The molecule has 2 aromatic heterocycles.